The highest BCUT2D eigenvalue weighted by Crippen LogP contribution is 1.97. The minimum Gasteiger partial charge on any atom is -0.365 e. The number of hydroxylamine groups is 1. The van der Waals surface area contributed by atoms with Gasteiger partial charge in [0.05, 0.1) is 21.3 Å². The van der Waals surface area contributed by atoms with Crippen LogP contribution in [0.3, 0.4) is 0 Å². The molecule has 0 bridgehead atoms. The highest BCUT2D eigenvalue weighted by molar-refractivity contribution is 4.11. The van der Waals surface area contributed by atoms with Gasteiger partial charge in [0.1, 0.15) is 6.73 Å². The Morgan fingerprint density at radius 2 is 1.45 bits per heavy atom. The average molecular weight is 166 g/mol. The molecule has 0 aliphatic heterocycles. The van der Waals surface area contributed by atoms with Gasteiger partial charge in [0.15, 0.2) is 0 Å². The molecule has 68 valence electrons. The van der Waals surface area contributed by atoms with Gasteiger partial charge in [-0.3, -0.25) is 14.5 Å². The summed E-state index contributed by atoms with van der Waals surface area (Å²) in [5.74, 6) is 0. The molecule has 0 atom stereocenters. The summed E-state index contributed by atoms with van der Waals surface area (Å²) in [6.45, 7) is 0.220. The van der Waals surface area contributed by atoms with E-state index >= 15 is 0 Å². The van der Waals surface area contributed by atoms with Gasteiger partial charge in [-0.05, 0) is 5.17 Å². The molecule has 0 saturated heterocycles. The van der Waals surface area contributed by atoms with Crippen molar-refractivity contribution in [2.75, 3.05) is 35.2 Å². The summed E-state index contributed by atoms with van der Waals surface area (Å²) < 4.78 is 4.78. The summed E-state index contributed by atoms with van der Waals surface area (Å²) in [4.78, 5) is 14.3. The predicted molar refractivity (Wildman–Crippen MR) is 36.6 cm³/mol. The molecular formula is C5H14N2O4. The molecule has 0 N–H and O–H groups in total. The average Bonchev–Trinajstić information content (AvgIpc) is 2.05. The predicted octanol–water partition coefficient (Wildman–Crippen LogP) is -0.206. The topological polar surface area (TPSA) is 43.4 Å². The Hall–Kier alpha value is -0.240. The zero-order valence-corrected chi connectivity index (χ0v) is 7.23. The van der Waals surface area contributed by atoms with Crippen LogP contribution in [0.25, 0.3) is 0 Å². The van der Waals surface area contributed by atoms with Crippen LogP contribution in [-0.2, 0) is 19.2 Å². The molecule has 0 fully saturated rings. The van der Waals surface area contributed by atoms with Crippen LogP contribution in [-0.4, -0.2) is 45.7 Å². The number of ether oxygens (including phenoxy) is 1. The fourth-order valence-electron chi connectivity index (χ4n) is 0.534. The largest absolute Gasteiger partial charge is 0.365 e. The first-order chi connectivity index (χ1) is 5.29. The molecule has 0 spiro atoms. The molecule has 0 radical (unpaired) electrons. The summed E-state index contributed by atoms with van der Waals surface area (Å²) in [5.41, 5.74) is 0. The molecule has 6 nitrogen and oxygen atoms in total. The Morgan fingerprint density at radius 3 is 1.73 bits per heavy atom. The van der Waals surface area contributed by atoms with Crippen LogP contribution in [0, 0.1) is 0 Å². The molecule has 0 rings (SSSR count). The number of methoxy groups -OCH3 is 1. The second-order valence-corrected chi connectivity index (χ2v) is 1.56. The van der Waals surface area contributed by atoms with Crippen molar-refractivity contribution in [1.82, 2.24) is 10.5 Å². The van der Waals surface area contributed by atoms with Crippen LogP contribution in [0.4, 0.5) is 0 Å². The number of hydrogen-bond donors (Lipinski definition) is 0. The van der Waals surface area contributed by atoms with Crippen LogP contribution < -0.4 is 0 Å². The lowest BCUT2D eigenvalue weighted by Crippen LogP contribution is -2.41. The fraction of sp³-hybridized carbons (Fsp3) is 1.00. The normalized spacial score (nSPS) is 11.5. The van der Waals surface area contributed by atoms with Crippen molar-refractivity contribution < 1.29 is 19.2 Å². The van der Waals surface area contributed by atoms with Gasteiger partial charge in [0, 0.05) is 12.4 Å². The molecule has 0 aliphatic carbocycles. The van der Waals surface area contributed by atoms with Crippen molar-refractivity contribution in [3.63, 3.8) is 0 Å². The van der Waals surface area contributed by atoms with Crippen molar-refractivity contribution in [2.45, 2.75) is 0 Å². The van der Waals surface area contributed by atoms with E-state index in [1.807, 2.05) is 0 Å². The van der Waals surface area contributed by atoms with Crippen molar-refractivity contribution >= 4 is 0 Å². The molecule has 0 saturated carbocycles. The van der Waals surface area contributed by atoms with E-state index < -0.39 is 0 Å². The lowest BCUT2D eigenvalue weighted by molar-refractivity contribution is -0.525. The minimum absolute atomic E-state index is 0.220. The van der Waals surface area contributed by atoms with E-state index in [1.54, 1.807) is 0 Å². The van der Waals surface area contributed by atoms with Gasteiger partial charge in [0.25, 0.3) is 0 Å². The lowest BCUT2D eigenvalue weighted by atomic mass is 11.2. The first kappa shape index (κ1) is 10.8. The van der Waals surface area contributed by atoms with Crippen molar-refractivity contribution in [1.29, 1.82) is 0 Å². The van der Waals surface area contributed by atoms with Gasteiger partial charge in [-0.15, -0.1) is 0 Å². The molecule has 6 heteroatoms. The molecular weight excluding hydrogens is 152 g/mol. The quantitative estimate of drug-likeness (QED) is 0.402. The second-order valence-electron chi connectivity index (χ2n) is 1.56. The molecule has 0 aromatic rings. The summed E-state index contributed by atoms with van der Waals surface area (Å²) >= 11 is 0. The molecule has 0 amide bonds. The van der Waals surface area contributed by atoms with E-state index in [-0.39, 0.29) is 6.73 Å². The van der Waals surface area contributed by atoms with Gasteiger partial charge in [0.2, 0.25) is 0 Å². The maximum Gasteiger partial charge on any atom is 0.142 e. The zero-order valence-electron chi connectivity index (χ0n) is 7.23. The van der Waals surface area contributed by atoms with Crippen molar-refractivity contribution in [3.8, 4) is 0 Å². The van der Waals surface area contributed by atoms with Gasteiger partial charge < -0.3 is 4.74 Å². The van der Waals surface area contributed by atoms with E-state index in [1.165, 1.54) is 33.6 Å². The third kappa shape index (κ3) is 3.61. The zero-order chi connectivity index (χ0) is 8.69. The molecule has 11 heavy (non-hydrogen) atoms. The van der Waals surface area contributed by atoms with Crippen LogP contribution in [0.1, 0.15) is 0 Å². The molecule has 0 unspecified atom stereocenters. The molecule has 0 heterocycles. The maximum atomic E-state index is 4.82. The highest BCUT2D eigenvalue weighted by Gasteiger charge is 2.13. The van der Waals surface area contributed by atoms with E-state index in [4.69, 9.17) is 19.2 Å². The van der Waals surface area contributed by atoms with E-state index in [2.05, 4.69) is 0 Å². The third-order valence-corrected chi connectivity index (χ3v) is 0.945. The lowest BCUT2D eigenvalue weighted by Gasteiger charge is -2.26. The van der Waals surface area contributed by atoms with Gasteiger partial charge in [-0.2, -0.15) is 0 Å². The van der Waals surface area contributed by atoms with Crippen molar-refractivity contribution in [3.05, 3.63) is 0 Å². The number of nitrogens with zero attached hydrogens (tertiary/aromatic N) is 2. The Bertz CT molecular complexity index is 88.6. The first-order valence-corrected chi connectivity index (χ1v) is 2.99. The number of hydrogen-bond acceptors (Lipinski definition) is 6. The Kier molecular flexibility index (Phi) is 6.33. The number of rotatable bonds is 6. The minimum atomic E-state index is 0.220. The summed E-state index contributed by atoms with van der Waals surface area (Å²) in [7, 11) is 5.91. The molecule has 0 aliphatic rings. The monoisotopic (exact) mass is 166 g/mol. The number of hydrazine groups is 1. The summed E-state index contributed by atoms with van der Waals surface area (Å²) in [6.07, 6.45) is 0. The fourth-order valence-corrected chi connectivity index (χ4v) is 0.534. The third-order valence-electron chi connectivity index (χ3n) is 0.945. The summed E-state index contributed by atoms with van der Waals surface area (Å²) in [5, 5.41) is 2.30. The van der Waals surface area contributed by atoms with Crippen LogP contribution in [0.15, 0.2) is 0 Å². The van der Waals surface area contributed by atoms with Gasteiger partial charge in [-0.25, -0.2) is 0 Å². The van der Waals surface area contributed by atoms with Gasteiger partial charge in [-0.1, -0.05) is 0 Å². The smallest absolute Gasteiger partial charge is 0.142 e. The Morgan fingerprint density at radius 1 is 0.909 bits per heavy atom. The van der Waals surface area contributed by atoms with Crippen LogP contribution >= 0.6 is 0 Å². The second kappa shape index (κ2) is 6.47. The van der Waals surface area contributed by atoms with Crippen LogP contribution in [0.2, 0.25) is 0 Å². The molecule has 0 aromatic carbocycles. The first-order valence-electron chi connectivity index (χ1n) is 2.99. The van der Waals surface area contributed by atoms with E-state index in [0.717, 1.165) is 5.34 Å². The van der Waals surface area contributed by atoms with E-state index in [0.29, 0.717) is 0 Å². The van der Waals surface area contributed by atoms with Crippen LogP contribution in [0.5, 0.6) is 0 Å². The SMILES string of the molecule is COCN(OC)N(OC)OC. The van der Waals surface area contributed by atoms with Crippen molar-refractivity contribution in [2.24, 2.45) is 0 Å². The Labute approximate surface area is 66.0 Å². The molecule has 0 aromatic heterocycles. The Balaban J connectivity index is 3.76. The standard InChI is InChI=1S/C5H14N2O4/c1-8-5-6(9-2)7(10-3)11-4/h5H2,1-4H3. The maximum absolute atomic E-state index is 4.82. The van der Waals surface area contributed by atoms with E-state index in [9.17, 15) is 0 Å². The highest BCUT2D eigenvalue weighted by atomic mass is 17.0. The van der Waals surface area contributed by atoms with Gasteiger partial charge >= 0.3 is 0 Å². The summed E-state index contributed by atoms with van der Waals surface area (Å²) in [6, 6.07) is 0.